The summed E-state index contributed by atoms with van der Waals surface area (Å²) in [4.78, 5) is 56.8. The number of ether oxygens (including phenoxy) is 3. The molecular formula is C22H20N2O11S. The van der Waals surface area contributed by atoms with Crippen LogP contribution < -0.4 is 0 Å². The van der Waals surface area contributed by atoms with Crippen LogP contribution in [0.3, 0.4) is 0 Å². The molecule has 1 N–H and O–H groups in total. The Kier molecular flexibility index (Phi) is 8.68. The molecule has 1 heterocycles. The Balaban J connectivity index is 1.62. The minimum atomic E-state index is -1.40. The SMILES string of the molecule is CC(=O)O[C@H](CSC(=O)c1ccc([N+](=O)[O-])cc1)[C@H]1OC[C@H](OC(=O)c2ccc([N+](=O)[O-])cc2)[C@H]1O. The summed E-state index contributed by atoms with van der Waals surface area (Å²) in [5.74, 6) is -1.64. The first kappa shape index (κ1) is 26.7. The Bertz CT molecular complexity index is 1150. The maximum absolute atomic E-state index is 12.5. The minimum Gasteiger partial charge on any atom is -0.459 e. The van der Waals surface area contributed by atoms with Gasteiger partial charge in [-0.1, -0.05) is 11.8 Å². The van der Waals surface area contributed by atoms with Gasteiger partial charge in [0.25, 0.3) is 11.4 Å². The summed E-state index contributed by atoms with van der Waals surface area (Å²) in [6.07, 6.45) is -4.70. The summed E-state index contributed by atoms with van der Waals surface area (Å²) in [6, 6.07) is 9.65. The third kappa shape index (κ3) is 6.62. The number of carbonyl (C=O) groups excluding carboxylic acids is 3. The van der Waals surface area contributed by atoms with Gasteiger partial charge in [-0.05, 0) is 24.3 Å². The number of non-ortho nitro benzene ring substituents is 2. The van der Waals surface area contributed by atoms with Crippen molar-refractivity contribution < 1.29 is 43.5 Å². The molecule has 14 heteroatoms. The van der Waals surface area contributed by atoms with Crippen LogP contribution >= 0.6 is 11.8 Å². The predicted octanol–water partition coefficient (Wildman–Crippen LogP) is 2.29. The summed E-state index contributed by atoms with van der Waals surface area (Å²) < 4.78 is 16.0. The number of hydrogen-bond acceptors (Lipinski definition) is 12. The number of nitrogens with zero attached hydrogens (tertiary/aromatic N) is 2. The van der Waals surface area contributed by atoms with Gasteiger partial charge in [0.15, 0.2) is 6.10 Å². The van der Waals surface area contributed by atoms with Crippen molar-refractivity contribution in [2.45, 2.75) is 31.3 Å². The van der Waals surface area contributed by atoms with Crippen LogP contribution in [0.25, 0.3) is 0 Å². The maximum atomic E-state index is 12.5. The third-order valence-corrected chi connectivity index (χ3v) is 6.11. The van der Waals surface area contributed by atoms with Gasteiger partial charge in [-0.3, -0.25) is 29.8 Å². The fraction of sp³-hybridized carbons (Fsp3) is 0.318. The molecule has 4 atom stereocenters. The van der Waals surface area contributed by atoms with Crippen LogP contribution in [0.15, 0.2) is 48.5 Å². The first-order chi connectivity index (χ1) is 17.1. The molecule has 0 unspecified atom stereocenters. The number of benzene rings is 2. The van der Waals surface area contributed by atoms with E-state index in [2.05, 4.69) is 0 Å². The van der Waals surface area contributed by atoms with Gasteiger partial charge in [0.1, 0.15) is 18.3 Å². The van der Waals surface area contributed by atoms with Crippen molar-refractivity contribution in [1.82, 2.24) is 0 Å². The molecule has 1 saturated heterocycles. The van der Waals surface area contributed by atoms with E-state index >= 15 is 0 Å². The molecule has 0 amide bonds. The lowest BCUT2D eigenvalue weighted by molar-refractivity contribution is -0.385. The zero-order valence-electron chi connectivity index (χ0n) is 18.7. The van der Waals surface area contributed by atoms with Crippen molar-refractivity contribution in [3.8, 4) is 0 Å². The zero-order chi connectivity index (χ0) is 26.4. The van der Waals surface area contributed by atoms with Gasteiger partial charge < -0.3 is 19.3 Å². The number of aliphatic hydroxyl groups is 1. The summed E-state index contributed by atoms with van der Waals surface area (Å²) in [7, 11) is 0. The van der Waals surface area contributed by atoms with E-state index in [-0.39, 0.29) is 34.9 Å². The van der Waals surface area contributed by atoms with Gasteiger partial charge >= 0.3 is 11.9 Å². The van der Waals surface area contributed by atoms with Crippen molar-refractivity contribution in [3.05, 3.63) is 79.9 Å². The molecular weight excluding hydrogens is 500 g/mol. The van der Waals surface area contributed by atoms with Crippen LogP contribution in [0.4, 0.5) is 11.4 Å². The van der Waals surface area contributed by atoms with Crippen LogP contribution in [0.1, 0.15) is 27.6 Å². The molecule has 3 rings (SSSR count). The van der Waals surface area contributed by atoms with E-state index in [1.54, 1.807) is 0 Å². The summed E-state index contributed by atoms with van der Waals surface area (Å²) in [6.45, 7) is 0.923. The quantitative estimate of drug-likeness (QED) is 0.289. The molecule has 2 aromatic rings. The standard InChI is InChI=1S/C22H20N2O11S/c1-12(25)34-18(11-36-22(28)14-4-8-16(9-5-14)24(31)32)20-19(26)17(10-33-20)35-21(27)13-2-6-15(7-3-13)23(29)30/h2-9,17-20,26H,10-11H2,1H3/t17-,18+,19+,20+/m0/s1. The smallest absolute Gasteiger partial charge is 0.338 e. The highest BCUT2D eigenvalue weighted by atomic mass is 32.2. The minimum absolute atomic E-state index is 0.0250. The molecule has 0 radical (unpaired) electrons. The number of nitro benzene ring substituents is 2. The van der Waals surface area contributed by atoms with Gasteiger partial charge in [-0.25, -0.2) is 4.79 Å². The second-order valence-electron chi connectivity index (χ2n) is 7.59. The van der Waals surface area contributed by atoms with E-state index in [9.17, 15) is 39.7 Å². The van der Waals surface area contributed by atoms with E-state index in [1.165, 1.54) is 36.4 Å². The van der Waals surface area contributed by atoms with Gasteiger partial charge in [0, 0.05) is 42.5 Å². The van der Waals surface area contributed by atoms with E-state index < -0.39 is 51.3 Å². The van der Waals surface area contributed by atoms with Crippen LogP contribution in [0, 0.1) is 20.2 Å². The highest BCUT2D eigenvalue weighted by Gasteiger charge is 2.44. The number of thioether (sulfide) groups is 1. The molecule has 13 nitrogen and oxygen atoms in total. The molecule has 2 aromatic carbocycles. The fourth-order valence-electron chi connectivity index (χ4n) is 3.34. The lowest BCUT2D eigenvalue weighted by Crippen LogP contribution is -2.43. The lowest BCUT2D eigenvalue weighted by Gasteiger charge is -2.25. The molecule has 1 aliphatic rings. The van der Waals surface area contributed by atoms with Crippen LogP contribution in [0.2, 0.25) is 0 Å². The predicted molar refractivity (Wildman–Crippen MR) is 123 cm³/mol. The first-order valence-electron chi connectivity index (χ1n) is 10.4. The molecule has 0 aliphatic carbocycles. The van der Waals surface area contributed by atoms with Crippen molar-refractivity contribution in [3.63, 3.8) is 0 Å². The largest absolute Gasteiger partial charge is 0.459 e. The molecule has 0 bridgehead atoms. The van der Waals surface area contributed by atoms with Crippen LogP contribution in [-0.2, 0) is 19.0 Å². The fourth-order valence-corrected chi connectivity index (χ4v) is 4.22. The molecule has 1 fully saturated rings. The third-order valence-electron chi connectivity index (χ3n) is 5.12. The lowest BCUT2D eigenvalue weighted by atomic mass is 10.1. The van der Waals surface area contributed by atoms with Gasteiger partial charge in [0.2, 0.25) is 5.12 Å². The number of esters is 2. The summed E-state index contributed by atoms with van der Waals surface area (Å²) in [5, 5.41) is 31.7. The number of rotatable bonds is 9. The van der Waals surface area contributed by atoms with E-state index in [0.717, 1.165) is 30.8 Å². The van der Waals surface area contributed by atoms with Crippen molar-refractivity contribution in [1.29, 1.82) is 0 Å². The second-order valence-corrected chi connectivity index (χ2v) is 8.58. The molecule has 1 aliphatic heterocycles. The average Bonchev–Trinajstić information content (AvgIpc) is 3.21. The molecule has 0 spiro atoms. The van der Waals surface area contributed by atoms with Gasteiger partial charge in [0.05, 0.1) is 22.0 Å². The Morgan fingerprint density at radius 2 is 1.56 bits per heavy atom. The van der Waals surface area contributed by atoms with E-state index in [0.29, 0.717) is 0 Å². The highest BCUT2D eigenvalue weighted by Crippen LogP contribution is 2.27. The number of carbonyl (C=O) groups is 3. The first-order valence-corrected chi connectivity index (χ1v) is 11.4. The second kappa shape index (κ2) is 11.7. The Morgan fingerprint density at radius 3 is 2.06 bits per heavy atom. The Hall–Kier alpha value is -3.88. The monoisotopic (exact) mass is 520 g/mol. The van der Waals surface area contributed by atoms with Crippen LogP contribution in [-0.4, -0.2) is 68.8 Å². The number of hydrogen-bond donors (Lipinski definition) is 1. The van der Waals surface area contributed by atoms with Crippen molar-refractivity contribution in [2.24, 2.45) is 0 Å². The summed E-state index contributed by atoms with van der Waals surface area (Å²) >= 11 is 0.759. The number of aliphatic hydroxyl groups excluding tert-OH is 1. The average molecular weight is 520 g/mol. The highest BCUT2D eigenvalue weighted by molar-refractivity contribution is 8.14. The van der Waals surface area contributed by atoms with Gasteiger partial charge in [-0.15, -0.1) is 0 Å². The molecule has 36 heavy (non-hydrogen) atoms. The van der Waals surface area contributed by atoms with Gasteiger partial charge in [-0.2, -0.15) is 0 Å². The van der Waals surface area contributed by atoms with E-state index in [1.807, 2.05) is 0 Å². The topological polar surface area (TPSA) is 185 Å². The Morgan fingerprint density at radius 1 is 1.03 bits per heavy atom. The Labute approximate surface area is 207 Å². The summed E-state index contributed by atoms with van der Waals surface area (Å²) in [5.41, 5.74) is -0.168. The van der Waals surface area contributed by atoms with Crippen molar-refractivity contribution >= 4 is 40.2 Å². The molecule has 190 valence electrons. The van der Waals surface area contributed by atoms with E-state index in [4.69, 9.17) is 14.2 Å². The van der Waals surface area contributed by atoms with Crippen molar-refractivity contribution in [2.75, 3.05) is 12.4 Å². The molecule has 0 aromatic heterocycles. The van der Waals surface area contributed by atoms with Crippen LogP contribution in [0.5, 0.6) is 0 Å². The number of nitro groups is 2. The molecule has 0 saturated carbocycles. The normalized spacial score (nSPS) is 19.8. The maximum Gasteiger partial charge on any atom is 0.338 e. The zero-order valence-corrected chi connectivity index (χ0v) is 19.5.